The largest absolute Gasteiger partial charge is 0.417 e. The summed E-state index contributed by atoms with van der Waals surface area (Å²) in [5.41, 5.74) is -0.614. The summed E-state index contributed by atoms with van der Waals surface area (Å²) in [6.07, 6.45) is -4.72. The molecule has 35 heavy (non-hydrogen) atoms. The van der Waals surface area contributed by atoms with E-state index in [-0.39, 0.29) is 28.0 Å². The molecule has 0 N–H and O–H groups in total. The lowest BCUT2D eigenvalue weighted by atomic mass is 10.1. The summed E-state index contributed by atoms with van der Waals surface area (Å²) in [6, 6.07) is 12.5. The first-order valence-corrected chi connectivity index (χ1v) is 11.5. The number of nitrogens with zero attached hydrogens (tertiary/aromatic N) is 3. The molecule has 180 valence electrons. The molecular weight excluding hydrogens is 532 g/mol. The van der Waals surface area contributed by atoms with Crippen molar-refractivity contribution in [1.82, 2.24) is 14.8 Å². The van der Waals surface area contributed by atoms with E-state index in [2.05, 4.69) is 10.2 Å². The Balaban J connectivity index is 1.76. The number of hydrogen-bond acceptors (Lipinski definition) is 4. The maximum Gasteiger partial charge on any atom is 0.417 e. The van der Waals surface area contributed by atoms with Crippen molar-refractivity contribution in [3.63, 3.8) is 0 Å². The van der Waals surface area contributed by atoms with Gasteiger partial charge in [0, 0.05) is 16.1 Å². The van der Waals surface area contributed by atoms with E-state index in [1.165, 1.54) is 10.6 Å². The molecule has 0 bridgehead atoms. The van der Waals surface area contributed by atoms with Crippen LogP contribution >= 0.6 is 35.0 Å². The highest BCUT2D eigenvalue weighted by Gasteiger charge is 2.34. The minimum atomic E-state index is -4.72. The van der Waals surface area contributed by atoms with E-state index in [4.69, 9.17) is 23.2 Å². The quantitative estimate of drug-likeness (QED) is 0.143. The van der Waals surface area contributed by atoms with Gasteiger partial charge in [-0.2, -0.15) is 13.2 Å². The first kappa shape index (κ1) is 25.2. The van der Waals surface area contributed by atoms with Gasteiger partial charge in [-0.15, -0.1) is 10.2 Å². The standard InChI is InChI=1S/C23H12Cl2F5N3OS/c24-14-3-1-2-13(8-14)21-31-32-22(35-11-20(34)12-4-7-18(26)19(27)9-12)33(21)15-5-6-17(25)16(10-15)23(28,29)30/h1-10H,11H2. The van der Waals surface area contributed by atoms with Crippen LogP contribution < -0.4 is 0 Å². The summed E-state index contributed by atoms with van der Waals surface area (Å²) >= 11 is 12.7. The van der Waals surface area contributed by atoms with Gasteiger partial charge in [0.1, 0.15) is 0 Å². The number of carbonyl (C=O) groups excluding carboxylic acids is 1. The summed E-state index contributed by atoms with van der Waals surface area (Å²) in [6.45, 7) is 0. The van der Waals surface area contributed by atoms with Gasteiger partial charge in [-0.05, 0) is 48.5 Å². The molecule has 12 heteroatoms. The van der Waals surface area contributed by atoms with Gasteiger partial charge in [0.25, 0.3) is 0 Å². The van der Waals surface area contributed by atoms with Crippen LogP contribution in [0.5, 0.6) is 0 Å². The number of thioether (sulfide) groups is 1. The predicted molar refractivity (Wildman–Crippen MR) is 123 cm³/mol. The number of benzene rings is 3. The van der Waals surface area contributed by atoms with Crippen molar-refractivity contribution in [1.29, 1.82) is 0 Å². The fourth-order valence-electron chi connectivity index (χ4n) is 3.16. The van der Waals surface area contributed by atoms with Gasteiger partial charge in [0.15, 0.2) is 28.4 Å². The molecule has 0 saturated carbocycles. The SMILES string of the molecule is O=C(CSc1nnc(-c2cccc(Cl)c2)n1-c1ccc(Cl)c(C(F)(F)F)c1)c1ccc(F)c(F)c1. The van der Waals surface area contributed by atoms with Crippen LogP contribution in [-0.2, 0) is 6.18 Å². The molecule has 4 aromatic rings. The van der Waals surface area contributed by atoms with Gasteiger partial charge in [-0.3, -0.25) is 9.36 Å². The summed E-state index contributed by atoms with van der Waals surface area (Å²) < 4.78 is 68.5. The molecule has 0 aliphatic carbocycles. The number of Topliss-reactive ketones (excluding diaryl/α,β-unsaturated/α-hetero) is 1. The average molecular weight is 544 g/mol. The molecule has 0 atom stereocenters. The van der Waals surface area contributed by atoms with Crippen LogP contribution in [0.15, 0.2) is 65.8 Å². The Morgan fingerprint density at radius 3 is 2.40 bits per heavy atom. The second kappa shape index (κ2) is 9.96. The Labute approximate surface area is 209 Å². The number of carbonyl (C=O) groups is 1. The van der Waals surface area contributed by atoms with Crippen LogP contribution in [0.2, 0.25) is 10.0 Å². The highest BCUT2D eigenvalue weighted by atomic mass is 35.5. The van der Waals surface area contributed by atoms with Crippen molar-refractivity contribution >= 4 is 40.7 Å². The minimum absolute atomic E-state index is 0.0458. The molecular formula is C23H12Cl2F5N3OS. The van der Waals surface area contributed by atoms with Crippen LogP contribution in [0.3, 0.4) is 0 Å². The number of rotatable bonds is 6. The summed E-state index contributed by atoms with van der Waals surface area (Å²) in [5, 5.41) is 8.11. The van der Waals surface area contributed by atoms with Crippen LogP contribution in [0.25, 0.3) is 17.1 Å². The van der Waals surface area contributed by atoms with Crippen LogP contribution in [-0.4, -0.2) is 26.3 Å². The molecule has 0 saturated heterocycles. The summed E-state index contributed by atoms with van der Waals surface area (Å²) in [4.78, 5) is 12.5. The third-order valence-corrected chi connectivity index (χ3v) is 6.30. The Hall–Kier alpha value is -2.95. The monoisotopic (exact) mass is 543 g/mol. The smallest absolute Gasteiger partial charge is 0.293 e. The fraction of sp³-hybridized carbons (Fsp3) is 0.0870. The van der Waals surface area contributed by atoms with E-state index < -0.39 is 34.2 Å². The Bertz CT molecular complexity index is 1420. The lowest BCUT2D eigenvalue weighted by molar-refractivity contribution is -0.137. The van der Waals surface area contributed by atoms with Crippen molar-refractivity contribution in [2.24, 2.45) is 0 Å². The van der Waals surface area contributed by atoms with Gasteiger partial charge in [0.2, 0.25) is 0 Å². The summed E-state index contributed by atoms with van der Waals surface area (Å²) in [5.74, 6) is -2.90. The van der Waals surface area contributed by atoms with E-state index in [1.54, 1.807) is 24.3 Å². The zero-order valence-corrected chi connectivity index (χ0v) is 19.6. The maximum absolute atomic E-state index is 13.5. The van der Waals surface area contributed by atoms with Gasteiger partial charge in [-0.25, -0.2) is 8.78 Å². The number of alkyl halides is 3. The van der Waals surface area contributed by atoms with Crippen molar-refractivity contribution in [2.75, 3.05) is 5.75 Å². The molecule has 4 rings (SSSR count). The van der Waals surface area contributed by atoms with Crippen LogP contribution in [0, 0.1) is 11.6 Å². The molecule has 4 nitrogen and oxygen atoms in total. The molecule has 0 radical (unpaired) electrons. The Morgan fingerprint density at radius 2 is 1.71 bits per heavy atom. The average Bonchev–Trinajstić information content (AvgIpc) is 3.23. The Morgan fingerprint density at radius 1 is 0.943 bits per heavy atom. The van der Waals surface area contributed by atoms with E-state index in [1.807, 2.05) is 0 Å². The third kappa shape index (κ3) is 5.50. The van der Waals surface area contributed by atoms with Crippen molar-refractivity contribution in [3.8, 4) is 17.1 Å². The van der Waals surface area contributed by atoms with Gasteiger partial charge in [-0.1, -0.05) is 47.1 Å². The summed E-state index contributed by atoms with van der Waals surface area (Å²) in [7, 11) is 0. The van der Waals surface area contributed by atoms with Crippen molar-refractivity contribution < 1.29 is 26.7 Å². The molecule has 0 aliphatic heterocycles. The number of aromatic nitrogens is 3. The molecule has 0 aliphatic rings. The minimum Gasteiger partial charge on any atom is -0.293 e. The molecule has 0 unspecified atom stereocenters. The zero-order valence-electron chi connectivity index (χ0n) is 17.3. The second-order valence-corrected chi connectivity index (χ2v) is 8.94. The second-order valence-electron chi connectivity index (χ2n) is 7.15. The molecule has 1 aromatic heterocycles. The third-order valence-electron chi connectivity index (χ3n) is 4.80. The van der Waals surface area contributed by atoms with E-state index in [9.17, 15) is 26.7 Å². The normalized spacial score (nSPS) is 11.6. The molecule has 0 spiro atoms. The molecule has 0 fully saturated rings. The number of halogens is 7. The Kier molecular flexibility index (Phi) is 7.16. The number of hydrogen-bond donors (Lipinski definition) is 0. The first-order valence-electron chi connectivity index (χ1n) is 9.74. The first-order chi connectivity index (χ1) is 16.5. The fourth-order valence-corrected chi connectivity index (χ4v) is 4.42. The van der Waals surface area contributed by atoms with Gasteiger partial charge in [0.05, 0.1) is 22.0 Å². The molecule has 3 aromatic carbocycles. The van der Waals surface area contributed by atoms with Gasteiger partial charge >= 0.3 is 6.18 Å². The molecule has 0 amide bonds. The molecule has 1 heterocycles. The van der Waals surface area contributed by atoms with E-state index in [0.29, 0.717) is 10.6 Å². The number of ketones is 1. The highest BCUT2D eigenvalue weighted by molar-refractivity contribution is 7.99. The van der Waals surface area contributed by atoms with Crippen molar-refractivity contribution in [2.45, 2.75) is 11.3 Å². The van der Waals surface area contributed by atoms with E-state index in [0.717, 1.165) is 42.1 Å². The highest BCUT2D eigenvalue weighted by Crippen LogP contribution is 2.37. The van der Waals surface area contributed by atoms with Crippen LogP contribution in [0.4, 0.5) is 22.0 Å². The van der Waals surface area contributed by atoms with Gasteiger partial charge < -0.3 is 0 Å². The predicted octanol–water partition coefficient (Wildman–Crippen LogP) is 7.51. The lowest BCUT2D eigenvalue weighted by Crippen LogP contribution is -2.09. The maximum atomic E-state index is 13.5. The lowest BCUT2D eigenvalue weighted by Gasteiger charge is -2.14. The zero-order chi connectivity index (χ0) is 25.3. The van der Waals surface area contributed by atoms with E-state index >= 15 is 0 Å². The van der Waals surface area contributed by atoms with Crippen molar-refractivity contribution in [3.05, 3.63) is 93.5 Å². The topological polar surface area (TPSA) is 47.8 Å². The van der Waals surface area contributed by atoms with Crippen LogP contribution in [0.1, 0.15) is 15.9 Å².